The van der Waals surface area contributed by atoms with Crippen molar-refractivity contribution in [2.75, 3.05) is 25.0 Å². The molecule has 1 atom stereocenters. The lowest BCUT2D eigenvalue weighted by atomic mass is 9.98. The van der Waals surface area contributed by atoms with E-state index in [4.69, 9.17) is 16.3 Å². The Labute approximate surface area is 143 Å². The molecule has 0 bridgehead atoms. The van der Waals surface area contributed by atoms with E-state index < -0.39 is 5.60 Å². The number of carbonyl (C=O) groups is 1. The maximum atomic E-state index is 12.2. The first kappa shape index (κ1) is 17.9. The normalized spacial score (nSPS) is 18.7. The number of nitrogens with zero attached hydrogens (tertiary/aromatic N) is 2. The van der Waals surface area contributed by atoms with E-state index in [1.54, 1.807) is 11.1 Å². The van der Waals surface area contributed by atoms with Crippen molar-refractivity contribution >= 4 is 23.4 Å². The van der Waals surface area contributed by atoms with Gasteiger partial charge in [-0.05, 0) is 58.1 Å². The zero-order valence-corrected chi connectivity index (χ0v) is 15.1. The van der Waals surface area contributed by atoms with Crippen LogP contribution in [-0.2, 0) is 4.74 Å². The van der Waals surface area contributed by atoms with Crippen molar-refractivity contribution in [3.63, 3.8) is 0 Å². The lowest BCUT2D eigenvalue weighted by Gasteiger charge is -2.34. The molecule has 1 aromatic heterocycles. The lowest BCUT2D eigenvalue weighted by Crippen LogP contribution is -2.44. The van der Waals surface area contributed by atoms with Gasteiger partial charge in [-0.2, -0.15) is 0 Å². The van der Waals surface area contributed by atoms with Crippen LogP contribution in [0, 0.1) is 12.8 Å². The van der Waals surface area contributed by atoms with E-state index in [1.165, 1.54) is 0 Å². The quantitative estimate of drug-likeness (QED) is 0.842. The number of likely N-dealkylation sites (tertiary alicyclic amines) is 1. The largest absolute Gasteiger partial charge is 0.444 e. The molecule has 1 N–H and O–H groups in total. The predicted molar refractivity (Wildman–Crippen MR) is 93.0 cm³/mol. The second-order valence-electron chi connectivity index (χ2n) is 7.17. The standard InChI is InChI=1S/C17H26ClN3O2/c1-12-8-14(15(18)20-9-12)19-10-13-6-5-7-21(11-13)16(22)23-17(2,3)4/h8-9,13,19H,5-7,10-11H2,1-4H3. The number of hydrogen-bond acceptors (Lipinski definition) is 4. The molecule has 1 aromatic rings. The summed E-state index contributed by atoms with van der Waals surface area (Å²) in [5.41, 5.74) is 1.46. The molecule has 1 aliphatic rings. The van der Waals surface area contributed by atoms with Crippen LogP contribution in [0.5, 0.6) is 0 Å². The van der Waals surface area contributed by atoms with Crippen LogP contribution < -0.4 is 5.32 Å². The molecule has 128 valence electrons. The highest BCUT2D eigenvalue weighted by molar-refractivity contribution is 6.31. The molecule has 1 amide bonds. The third-order valence-corrected chi connectivity index (χ3v) is 4.03. The van der Waals surface area contributed by atoms with Gasteiger partial charge in [0.15, 0.2) is 5.15 Å². The van der Waals surface area contributed by atoms with Gasteiger partial charge in [0.05, 0.1) is 5.69 Å². The molecule has 1 aliphatic heterocycles. The molecule has 1 unspecified atom stereocenters. The number of aromatic nitrogens is 1. The number of aryl methyl sites for hydroxylation is 1. The highest BCUT2D eigenvalue weighted by atomic mass is 35.5. The molecule has 0 radical (unpaired) electrons. The Morgan fingerprint density at radius 3 is 2.96 bits per heavy atom. The zero-order valence-electron chi connectivity index (χ0n) is 14.4. The first-order chi connectivity index (χ1) is 10.7. The van der Waals surface area contributed by atoms with Gasteiger partial charge in [-0.15, -0.1) is 0 Å². The Morgan fingerprint density at radius 1 is 1.52 bits per heavy atom. The van der Waals surface area contributed by atoms with Crippen molar-refractivity contribution in [2.45, 2.75) is 46.1 Å². The molecule has 0 aliphatic carbocycles. The van der Waals surface area contributed by atoms with E-state index in [-0.39, 0.29) is 6.09 Å². The Kier molecular flexibility index (Phi) is 5.74. The van der Waals surface area contributed by atoms with Crippen molar-refractivity contribution in [2.24, 2.45) is 5.92 Å². The van der Waals surface area contributed by atoms with Gasteiger partial charge in [0.1, 0.15) is 5.60 Å². The Bertz CT molecular complexity index is 557. The molecule has 0 saturated carbocycles. The molecule has 23 heavy (non-hydrogen) atoms. The van der Waals surface area contributed by atoms with Crippen LogP contribution in [0.2, 0.25) is 5.15 Å². The van der Waals surface area contributed by atoms with E-state index in [1.807, 2.05) is 33.8 Å². The second kappa shape index (κ2) is 7.39. The minimum atomic E-state index is -0.455. The van der Waals surface area contributed by atoms with E-state index >= 15 is 0 Å². The van der Waals surface area contributed by atoms with Gasteiger partial charge >= 0.3 is 6.09 Å². The molecule has 5 nitrogen and oxygen atoms in total. The monoisotopic (exact) mass is 339 g/mol. The van der Waals surface area contributed by atoms with Gasteiger partial charge < -0.3 is 15.0 Å². The van der Waals surface area contributed by atoms with E-state index in [0.717, 1.165) is 37.2 Å². The summed E-state index contributed by atoms with van der Waals surface area (Å²) in [4.78, 5) is 18.1. The number of halogens is 1. The topological polar surface area (TPSA) is 54.5 Å². The fourth-order valence-electron chi connectivity index (χ4n) is 2.65. The van der Waals surface area contributed by atoms with Gasteiger partial charge in [-0.25, -0.2) is 9.78 Å². The summed E-state index contributed by atoms with van der Waals surface area (Å²) in [5.74, 6) is 0.382. The Morgan fingerprint density at radius 2 is 2.26 bits per heavy atom. The van der Waals surface area contributed by atoms with Gasteiger partial charge in [0.2, 0.25) is 0 Å². The smallest absolute Gasteiger partial charge is 0.410 e. The van der Waals surface area contributed by atoms with Gasteiger partial charge in [-0.3, -0.25) is 0 Å². The van der Waals surface area contributed by atoms with Crippen molar-refractivity contribution in [1.29, 1.82) is 0 Å². The van der Waals surface area contributed by atoms with Gasteiger partial charge in [-0.1, -0.05) is 11.6 Å². The highest BCUT2D eigenvalue weighted by Crippen LogP contribution is 2.23. The first-order valence-corrected chi connectivity index (χ1v) is 8.46. The zero-order chi connectivity index (χ0) is 17.0. The summed E-state index contributed by atoms with van der Waals surface area (Å²) in [5, 5.41) is 3.84. The summed E-state index contributed by atoms with van der Waals surface area (Å²) >= 11 is 6.11. The molecule has 0 aromatic carbocycles. The summed E-state index contributed by atoms with van der Waals surface area (Å²) in [6.45, 7) is 9.89. The van der Waals surface area contributed by atoms with Crippen LogP contribution in [0.3, 0.4) is 0 Å². The van der Waals surface area contributed by atoms with E-state index in [9.17, 15) is 4.79 Å². The highest BCUT2D eigenvalue weighted by Gasteiger charge is 2.27. The third kappa shape index (κ3) is 5.57. The molecule has 1 saturated heterocycles. The van der Waals surface area contributed by atoms with Crippen LogP contribution in [-0.4, -0.2) is 41.2 Å². The number of hydrogen-bond donors (Lipinski definition) is 1. The minimum absolute atomic E-state index is 0.225. The van der Waals surface area contributed by atoms with Crippen LogP contribution in [0.1, 0.15) is 39.2 Å². The molecule has 2 rings (SSSR count). The summed E-state index contributed by atoms with van der Waals surface area (Å²) in [6, 6.07) is 1.99. The first-order valence-electron chi connectivity index (χ1n) is 8.08. The molecule has 1 fully saturated rings. The fraction of sp³-hybridized carbons (Fsp3) is 0.647. The van der Waals surface area contributed by atoms with E-state index in [2.05, 4.69) is 10.3 Å². The molecule has 0 spiro atoms. The van der Waals surface area contributed by atoms with Gasteiger partial charge in [0.25, 0.3) is 0 Å². The summed E-state index contributed by atoms with van der Waals surface area (Å²) in [6.07, 6.45) is 3.60. The number of ether oxygens (including phenoxy) is 1. The molecular formula is C17H26ClN3O2. The second-order valence-corrected chi connectivity index (χ2v) is 7.52. The SMILES string of the molecule is Cc1cnc(Cl)c(NCC2CCCN(C(=O)OC(C)(C)C)C2)c1. The van der Waals surface area contributed by atoms with Crippen molar-refractivity contribution < 1.29 is 9.53 Å². The molecule has 6 heteroatoms. The average molecular weight is 340 g/mol. The van der Waals surface area contributed by atoms with Crippen molar-refractivity contribution in [1.82, 2.24) is 9.88 Å². The van der Waals surface area contributed by atoms with Crippen LogP contribution >= 0.6 is 11.6 Å². The van der Waals surface area contributed by atoms with E-state index in [0.29, 0.717) is 17.6 Å². The fourth-order valence-corrected chi connectivity index (χ4v) is 2.82. The number of pyridine rings is 1. The molecule has 2 heterocycles. The van der Waals surface area contributed by atoms with Crippen molar-refractivity contribution in [3.8, 4) is 0 Å². The maximum absolute atomic E-state index is 12.2. The number of rotatable bonds is 3. The summed E-state index contributed by atoms with van der Waals surface area (Å²) in [7, 11) is 0. The van der Waals surface area contributed by atoms with Crippen LogP contribution in [0.15, 0.2) is 12.3 Å². The minimum Gasteiger partial charge on any atom is -0.444 e. The maximum Gasteiger partial charge on any atom is 0.410 e. The van der Waals surface area contributed by atoms with Crippen LogP contribution in [0.4, 0.5) is 10.5 Å². The Balaban J connectivity index is 1.89. The average Bonchev–Trinajstić information content (AvgIpc) is 2.47. The number of amides is 1. The predicted octanol–water partition coefficient (Wildman–Crippen LogP) is 4.10. The van der Waals surface area contributed by atoms with Crippen LogP contribution in [0.25, 0.3) is 0 Å². The summed E-state index contributed by atoms with van der Waals surface area (Å²) < 4.78 is 5.46. The number of anilines is 1. The lowest BCUT2D eigenvalue weighted by molar-refractivity contribution is 0.0172. The number of nitrogens with one attached hydrogen (secondary N) is 1. The van der Waals surface area contributed by atoms with Gasteiger partial charge in [0, 0.05) is 25.8 Å². The Hall–Kier alpha value is -1.49. The van der Waals surface area contributed by atoms with Crippen molar-refractivity contribution in [3.05, 3.63) is 23.0 Å². The number of piperidine rings is 1. The third-order valence-electron chi connectivity index (χ3n) is 3.73. The number of carbonyl (C=O) groups excluding carboxylic acids is 1. The molecular weight excluding hydrogens is 314 g/mol.